The summed E-state index contributed by atoms with van der Waals surface area (Å²) in [6.07, 6.45) is 0. The molecule has 0 radical (unpaired) electrons. The van der Waals surface area contributed by atoms with E-state index in [0.717, 1.165) is 6.61 Å². The standard InChI is InChI=1S/C14H30O3/c1-12(2)8-17-11-14(9-15-6,10-16-7)13(3,4)5/h12H,8-11H2,1-7H3. The van der Waals surface area contributed by atoms with Crippen molar-refractivity contribution in [1.29, 1.82) is 0 Å². The van der Waals surface area contributed by atoms with E-state index in [1.807, 2.05) is 0 Å². The van der Waals surface area contributed by atoms with Crippen LogP contribution in [0.25, 0.3) is 0 Å². The first kappa shape index (κ1) is 16.9. The number of methoxy groups -OCH3 is 2. The van der Waals surface area contributed by atoms with Crippen LogP contribution in [0.2, 0.25) is 0 Å². The number of rotatable bonds is 8. The molecule has 17 heavy (non-hydrogen) atoms. The van der Waals surface area contributed by atoms with Crippen molar-refractivity contribution in [2.75, 3.05) is 40.6 Å². The zero-order valence-electron chi connectivity index (χ0n) is 12.6. The lowest BCUT2D eigenvalue weighted by molar-refractivity contribution is -0.111. The summed E-state index contributed by atoms with van der Waals surface area (Å²) in [5, 5.41) is 0. The summed E-state index contributed by atoms with van der Waals surface area (Å²) in [4.78, 5) is 0. The highest BCUT2D eigenvalue weighted by Crippen LogP contribution is 2.39. The molecule has 3 heteroatoms. The third kappa shape index (κ3) is 5.36. The van der Waals surface area contributed by atoms with E-state index in [1.165, 1.54) is 0 Å². The van der Waals surface area contributed by atoms with Crippen LogP contribution in [0.5, 0.6) is 0 Å². The van der Waals surface area contributed by atoms with Crippen LogP contribution < -0.4 is 0 Å². The maximum Gasteiger partial charge on any atom is 0.0571 e. The third-order valence-electron chi connectivity index (χ3n) is 3.26. The summed E-state index contributed by atoms with van der Waals surface area (Å²) < 4.78 is 16.6. The molecule has 0 amide bonds. The second-order valence-corrected chi connectivity index (χ2v) is 6.31. The van der Waals surface area contributed by atoms with Crippen molar-refractivity contribution in [3.63, 3.8) is 0 Å². The molecule has 0 N–H and O–H groups in total. The summed E-state index contributed by atoms with van der Waals surface area (Å²) in [7, 11) is 3.47. The zero-order valence-corrected chi connectivity index (χ0v) is 12.6. The van der Waals surface area contributed by atoms with Crippen molar-refractivity contribution < 1.29 is 14.2 Å². The molecule has 0 aromatic carbocycles. The van der Waals surface area contributed by atoms with Gasteiger partial charge in [-0.05, 0) is 11.3 Å². The molecule has 0 unspecified atom stereocenters. The normalized spacial score (nSPS) is 13.4. The molecule has 0 fully saturated rings. The van der Waals surface area contributed by atoms with E-state index in [9.17, 15) is 0 Å². The fraction of sp³-hybridized carbons (Fsp3) is 1.00. The zero-order chi connectivity index (χ0) is 13.5. The Kier molecular flexibility index (Phi) is 7.29. The van der Waals surface area contributed by atoms with E-state index in [4.69, 9.17) is 14.2 Å². The van der Waals surface area contributed by atoms with Crippen LogP contribution in [0.15, 0.2) is 0 Å². The van der Waals surface area contributed by atoms with Gasteiger partial charge in [-0.3, -0.25) is 0 Å². The summed E-state index contributed by atoms with van der Waals surface area (Å²) in [6, 6.07) is 0. The van der Waals surface area contributed by atoms with Crippen LogP contribution in [0.1, 0.15) is 34.6 Å². The van der Waals surface area contributed by atoms with Gasteiger partial charge in [-0.25, -0.2) is 0 Å². The molecule has 104 valence electrons. The largest absolute Gasteiger partial charge is 0.384 e. The Morgan fingerprint density at radius 2 is 1.35 bits per heavy atom. The average Bonchev–Trinajstić information content (AvgIpc) is 2.15. The second-order valence-electron chi connectivity index (χ2n) is 6.31. The predicted octanol–water partition coefficient (Wildman–Crippen LogP) is 2.98. The molecule has 0 bridgehead atoms. The van der Waals surface area contributed by atoms with Crippen molar-refractivity contribution >= 4 is 0 Å². The van der Waals surface area contributed by atoms with Gasteiger partial charge in [-0.15, -0.1) is 0 Å². The van der Waals surface area contributed by atoms with E-state index in [1.54, 1.807) is 14.2 Å². The Balaban J connectivity index is 4.66. The van der Waals surface area contributed by atoms with Gasteiger partial charge in [0.2, 0.25) is 0 Å². The molecule has 0 aliphatic heterocycles. The van der Waals surface area contributed by atoms with Gasteiger partial charge in [0.05, 0.1) is 19.8 Å². The molecule has 0 saturated heterocycles. The number of hydrogen-bond donors (Lipinski definition) is 0. The minimum Gasteiger partial charge on any atom is -0.384 e. The maximum absolute atomic E-state index is 5.83. The molecule has 0 aromatic heterocycles. The Labute approximate surface area is 107 Å². The summed E-state index contributed by atoms with van der Waals surface area (Å²) in [6.45, 7) is 13.7. The summed E-state index contributed by atoms with van der Waals surface area (Å²) in [5.41, 5.74) is -0.0125. The predicted molar refractivity (Wildman–Crippen MR) is 71.3 cm³/mol. The Bertz CT molecular complexity index is 188. The highest BCUT2D eigenvalue weighted by atomic mass is 16.5. The van der Waals surface area contributed by atoms with Crippen molar-refractivity contribution in [1.82, 2.24) is 0 Å². The van der Waals surface area contributed by atoms with Crippen LogP contribution in [0, 0.1) is 16.7 Å². The van der Waals surface area contributed by atoms with Gasteiger partial charge in [0.25, 0.3) is 0 Å². The van der Waals surface area contributed by atoms with Gasteiger partial charge in [0, 0.05) is 26.2 Å². The molecule has 0 atom stereocenters. The van der Waals surface area contributed by atoms with Crippen molar-refractivity contribution in [3.8, 4) is 0 Å². The molecule has 3 nitrogen and oxygen atoms in total. The van der Waals surface area contributed by atoms with E-state index in [-0.39, 0.29) is 10.8 Å². The highest BCUT2D eigenvalue weighted by Gasteiger charge is 2.42. The molecule has 0 aromatic rings. The molecule has 0 heterocycles. The molecule has 0 aliphatic carbocycles. The lowest BCUT2D eigenvalue weighted by atomic mass is 9.68. The molecule has 0 rings (SSSR count). The number of hydrogen-bond acceptors (Lipinski definition) is 3. The van der Waals surface area contributed by atoms with E-state index < -0.39 is 0 Å². The van der Waals surface area contributed by atoms with Crippen molar-refractivity contribution in [2.24, 2.45) is 16.7 Å². The molecular formula is C14H30O3. The smallest absolute Gasteiger partial charge is 0.0571 e. The van der Waals surface area contributed by atoms with Crippen LogP contribution in [0.4, 0.5) is 0 Å². The maximum atomic E-state index is 5.83. The monoisotopic (exact) mass is 246 g/mol. The molecular weight excluding hydrogens is 216 g/mol. The average molecular weight is 246 g/mol. The first-order valence-corrected chi connectivity index (χ1v) is 6.34. The lowest BCUT2D eigenvalue weighted by Gasteiger charge is -2.43. The number of ether oxygens (including phenoxy) is 3. The van der Waals surface area contributed by atoms with E-state index in [2.05, 4.69) is 34.6 Å². The minimum absolute atomic E-state index is 0.0794. The summed E-state index contributed by atoms with van der Waals surface area (Å²) in [5.74, 6) is 0.553. The van der Waals surface area contributed by atoms with Crippen molar-refractivity contribution in [3.05, 3.63) is 0 Å². The van der Waals surface area contributed by atoms with Gasteiger partial charge in [0.1, 0.15) is 0 Å². The second kappa shape index (κ2) is 7.34. The van der Waals surface area contributed by atoms with Crippen molar-refractivity contribution in [2.45, 2.75) is 34.6 Å². The lowest BCUT2D eigenvalue weighted by Crippen LogP contribution is -2.47. The van der Waals surface area contributed by atoms with Gasteiger partial charge in [-0.1, -0.05) is 34.6 Å². The fourth-order valence-electron chi connectivity index (χ4n) is 1.82. The van der Waals surface area contributed by atoms with E-state index >= 15 is 0 Å². The Morgan fingerprint density at radius 1 is 0.882 bits per heavy atom. The SMILES string of the molecule is COCC(COC)(COCC(C)C)C(C)(C)C. The Morgan fingerprint density at radius 3 is 1.65 bits per heavy atom. The van der Waals surface area contributed by atoms with Crippen LogP contribution in [-0.2, 0) is 14.2 Å². The third-order valence-corrected chi connectivity index (χ3v) is 3.26. The van der Waals surface area contributed by atoms with Crippen LogP contribution in [0.3, 0.4) is 0 Å². The first-order valence-electron chi connectivity index (χ1n) is 6.34. The van der Waals surface area contributed by atoms with Crippen LogP contribution >= 0.6 is 0 Å². The van der Waals surface area contributed by atoms with Gasteiger partial charge in [0.15, 0.2) is 0 Å². The molecule has 0 saturated carbocycles. The van der Waals surface area contributed by atoms with Gasteiger partial charge >= 0.3 is 0 Å². The Hall–Kier alpha value is -0.120. The van der Waals surface area contributed by atoms with Crippen LogP contribution in [-0.4, -0.2) is 40.6 Å². The van der Waals surface area contributed by atoms with Gasteiger partial charge < -0.3 is 14.2 Å². The topological polar surface area (TPSA) is 27.7 Å². The quantitative estimate of drug-likeness (QED) is 0.659. The van der Waals surface area contributed by atoms with E-state index in [0.29, 0.717) is 25.7 Å². The molecule has 0 aliphatic rings. The fourth-order valence-corrected chi connectivity index (χ4v) is 1.82. The molecule has 0 spiro atoms. The first-order chi connectivity index (χ1) is 7.79. The highest BCUT2D eigenvalue weighted by molar-refractivity contribution is 4.90. The minimum atomic E-state index is -0.0919. The van der Waals surface area contributed by atoms with Gasteiger partial charge in [-0.2, -0.15) is 0 Å². The summed E-state index contributed by atoms with van der Waals surface area (Å²) >= 11 is 0.